The number of fused-ring (bicyclic) bond motifs is 2. The molecule has 1 saturated heterocycles. The van der Waals surface area contributed by atoms with E-state index in [4.69, 9.17) is 9.47 Å². The van der Waals surface area contributed by atoms with Crippen molar-refractivity contribution in [3.8, 4) is 11.5 Å². The lowest BCUT2D eigenvalue weighted by molar-refractivity contribution is 0.0240. The van der Waals surface area contributed by atoms with Gasteiger partial charge < -0.3 is 29.2 Å². The van der Waals surface area contributed by atoms with Crippen LogP contribution < -0.4 is 15.0 Å². The summed E-state index contributed by atoms with van der Waals surface area (Å²) in [6.07, 6.45) is 4.15. The first kappa shape index (κ1) is 28.0. The van der Waals surface area contributed by atoms with Crippen molar-refractivity contribution in [1.29, 1.82) is 0 Å². The topological polar surface area (TPSA) is 123 Å². The summed E-state index contributed by atoms with van der Waals surface area (Å²) < 4.78 is 43.0. The molecule has 6 rings (SSSR count). The fourth-order valence-electron chi connectivity index (χ4n) is 4.67. The zero-order valence-electron chi connectivity index (χ0n) is 24.0. The van der Waals surface area contributed by atoms with E-state index in [0.29, 0.717) is 48.7 Å². The second-order valence-corrected chi connectivity index (χ2v) is 11.1. The van der Waals surface area contributed by atoms with Gasteiger partial charge in [-0.25, -0.2) is 38.5 Å². The van der Waals surface area contributed by atoms with E-state index < -0.39 is 23.0 Å². The van der Waals surface area contributed by atoms with Gasteiger partial charge in [-0.2, -0.15) is 0 Å². The number of amides is 1. The average molecular weight is 590 g/mol. The van der Waals surface area contributed by atoms with E-state index in [9.17, 15) is 4.79 Å². The largest absolute Gasteiger partial charge is 0.451 e. The van der Waals surface area contributed by atoms with Crippen molar-refractivity contribution in [2.24, 2.45) is 7.05 Å². The predicted molar refractivity (Wildman–Crippen MR) is 156 cm³/mol. The minimum atomic E-state index is -0.903. The maximum atomic E-state index is 15.1. The molecule has 14 heteroatoms. The second kappa shape index (κ2) is 10.9. The molecule has 0 aliphatic carbocycles. The molecule has 4 heterocycles. The van der Waals surface area contributed by atoms with Gasteiger partial charge in [0.2, 0.25) is 5.95 Å². The molecule has 1 fully saturated rings. The summed E-state index contributed by atoms with van der Waals surface area (Å²) in [6, 6.07) is 7.23. The second-order valence-electron chi connectivity index (χ2n) is 11.1. The zero-order chi connectivity index (χ0) is 30.3. The number of imidazole rings is 1. The third kappa shape index (κ3) is 5.94. The van der Waals surface area contributed by atoms with Crippen LogP contribution in [0.15, 0.2) is 49.2 Å². The van der Waals surface area contributed by atoms with Gasteiger partial charge in [-0.15, -0.1) is 0 Å². The van der Waals surface area contributed by atoms with Crippen LogP contribution in [0.5, 0.6) is 11.5 Å². The number of carbonyl (C=O) groups is 1. The number of anilines is 3. The Balaban J connectivity index is 1.19. The summed E-state index contributed by atoms with van der Waals surface area (Å²) in [5, 5.41) is 2.94. The van der Waals surface area contributed by atoms with E-state index in [2.05, 4.69) is 30.2 Å². The molecule has 0 radical (unpaired) electrons. The summed E-state index contributed by atoms with van der Waals surface area (Å²) >= 11 is 0. The van der Waals surface area contributed by atoms with Gasteiger partial charge in [-0.1, -0.05) is 0 Å². The van der Waals surface area contributed by atoms with Crippen LogP contribution in [0.25, 0.3) is 22.1 Å². The van der Waals surface area contributed by atoms with E-state index in [1.165, 1.54) is 6.33 Å². The minimum absolute atomic E-state index is 0.105. The van der Waals surface area contributed by atoms with Crippen molar-refractivity contribution in [2.45, 2.75) is 26.4 Å². The van der Waals surface area contributed by atoms with Crippen LogP contribution in [0.1, 0.15) is 20.8 Å². The van der Waals surface area contributed by atoms with Gasteiger partial charge in [0, 0.05) is 57.1 Å². The molecule has 5 aromatic rings. The Bertz CT molecular complexity index is 1810. The normalized spacial score (nSPS) is 13.9. The van der Waals surface area contributed by atoms with Gasteiger partial charge in [-0.3, -0.25) is 0 Å². The number of aromatic nitrogens is 6. The molecule has 12 nitrogen and oxygen atoms in total. The number of halogens is 2. The van der Waals surface area contributed by atoms with Crippen molar-refractivity contribution in [3.63, 3.8) is 0 Å². The molecule has 1 aliphatic rings. The third-order valence-corrected chi connectivity index (χ3v) is 6.76. The highest BCUT2D eigenvalue weighted by Gasteiger charge is 2.27. The molecular formula is C29H29F2N9O3. The molecule has 0 unspecified atom stereocenters. The molecule has 1 amide bonds. The van der Waals surface area contributed by atoms with Gasteiger partial charge in [0.15, 0.2) is 23.2 Å². The Labute approximate surface area is 245 Å². The lowest BCUT2D eigenvalue weighted by atomic mass is 10.2. The van der Waals surface area contributed by atoms with Gasteiger partial charge >= 0.3 is 6.09 Å². The first-order valence-electron chi connectivity index (χ1n) is 13.6. The summed E-state index contributed by atoms with van der Waals surface area (Å²) in [4.78, 5) is 37.8. The highest BCUT2D eigenvalue weighted by molar-refractivity contribution is 5.87. The summed E-state index contributed by atoms with van der Waals surface area (Å²) in [6.45, 7) is 7.34. The van der Waals surface area contributed by atoms with Gasteiger partial charge in [0.25, 0.3) is 0 Å². The SMILES string of the molecule is Cn1cnc2cc(Oc3c(F)cc(Nc4ncnc5cnc(N6CCN(C(=O)OC(C)(C)C)CC6)nc45)cc3F)ccc21. The van der Waals surface area contributed by atoms with Crippen LogP contribution in [0.2, 0.25) is 0 Å². The highest BCUT2D eigenvalue weighted by Crippen LogP contribution is 2.33. The van der Waals surface area contributed by atoms with Crippen LogP contribution in [-0.4, -0.2) is 72.3 Å². The number of ether oxygens (including phenoxy) is 2. The van der Waals surface area contributed by atoms with Crippen LogP contribution in [0, 0.1) is 11.6 Å². The fourth-order valence-corrected chi connectivity index (χ4v) is 4.67. The van der Waals surface area contributed by atoms with Crippen molar-refractivity contribution in [1.82, 2.24) is 34.4 Å². The number of benzene rings is 2. The summed E-state index contributed by atoms with van der Waals surface area (Å²) in [7, 11) is 1.85. The van der Waals surface area contributed by atoms with Crippen molar-refractivity contribution >= 4 is 45.6 Å². The number of nitrogens with one attached hydrogen (secondary N) is 1. The number of carbonyl (C=O) groups excluding carboxylic acids is 1. The molecule has 222 valence electrons. The third-order valence-electron chi connectivity index (χ3n) is 6.76. The number of nitrogens with zero attached hydrogens (tertiary/aromatic N) is 8. The van der Waals surface area contributed by atoms with Gasteiger partial charge in [-0.05, 0) is 32.9 Å². The molecule has 0 bridgehead atoms. The number of rotatable bonds is 5. The number of hydrogen-bond acceptors (Lipinski definition) is 10. The Morgan fingerprint density at radius 2 is 1.70 bits per heavy atom. The number of hydrogen-bond donors (Lipinski definition) is 1. The molecule has 43 heavy (non-hydrogen) atoms. The van der Waals surface area contributed by atoms with E-state index >= 15 is 8.78 Å². The van der Waals surface area contributed by atoms with E-state index in [1.54, 1.807) is 35.6 Å². The molecular weight excluding hydrogens is 560 g/mol. The Morgan fingerprint density at radius 3 is 2.42 bits per heavy atom. The fraction of sp³-hybridized carbons (Fsp3) is 0.310. The van der Waals surface area contributed by atoms with Crippen LogP contribution >= 0.6 is 0 Å². The van der Waals surface area contributed by atoms with E-state index in [0.717, 1.165) is 17.6 Å². The lowest BCUT2D eigenvalue weighted by Gasteiger charge is -2.35. The zero-order valence-corrected chi connectivity index (χ0v) is 24.0. The van der Waals surface area contributed by atoms with Crippen molar-refractivity contribution < 1.29 is 23.0 Å². The first-order valence-corrected chi connectivity index (χ1v) is 13.6. The standard InChI is InChI=1S/C29H29F2N9O3/c1-29(2,3)43-28(41)40-9-7-39(8-10-40)27-32-14-22-24(37-27)26(34-15-33-22)36-17-11-19(30)25(20(31)12-17)42-18-5-6-23-21(13-18)35-16-38(23)4/h5-6,11-16H,7-10H2,1-4H3,(H,33,34,36). The quantitative estimate of drug-likeness (QED) is 0.293. The predicted octanol–water partition coefficient (Wildman–Crippen LogP) is 5.18. The van der Waals surface area contributed by atoms with Gasteiger partial charge in [0.05, 0.1) is 23.6 Å². The Kier molecular flexibility index (Phi) is 7.12. The smallest absolute Gasteiger partial charge is 0.410 e. The van der Waals surface area contributed by atoms with Crippen LogP contribution in [0.4, 0.5) is 31.0 Å². The summed E-state index contributed by atoms with van der Waals surface area (Å²) in [5.74, 6) is -1.43. The molecule has 1 N–H and O–H groups in total. The molecule has 0 saturated carbocycles. The molecule has 1 aliphatic heterocycles. The maximum Gasteiger partial charge on any atom is 0.410 e. The van der Waals surface area contributed by atoms with Gasteiger partial charge in [0.1, 0.15) is 28.7 Å². The Hall–Kier alpha value is -5.14. The van der Waals surface area contributed by atoms with Crippen LogP contribution in [0.3, 0.4) is 0 Å². The molecule has 0 spiro atoms. The van der Waals surface area contributed by atoms with Crippen molar-refractivity contribution in [2.75, 3.05) is 36.4 Å². The summed E-state index contributed by atoms with van der Waals surface area (Å²) in [5.41, 5.74) is 1.84. The molecule has 3 aromatic heterocycles. The first-order chi connectivity index (χ1) is 20.5. The van der Waals surface area contributed by atoms with E-state index in [1.807, 2.05) is 37.3 Å². The van der Waals surface area contributed by atoms with Crippen LogP contribution in [-0.2, 0) is 11.8 Å². The average Bonchev–Trinajstić information content (AvgIpc) is 3.34. The number of aryl methyl sites for hydroxylation is 1. The van der Waals surface area contributed by atoms with E-state index in [-0.39, 0.29) is 23.3 Å². The Morgan fingerprint density at radius 1 is 0.953 bits per heavy atom. The number of piperazine rings is 1. The lowest BCUT2D eigenvalue weighted by Crippen LogP contribution is -2.50. The minimum Gasteiger partial charge on any atom is -0.451 e. The monoisotopic (exact) mass is 589 g/mol. The molecule has 0 atom stereocenters. The highest BCUT2D eigenvalue weighted by atomic mass is 19.1. The van der Waals surface area contributed by atoms with Crippen molar-refractivity contribution in [3.05, 3.63) is 60.8 Å². The molecule has 2 aromatic carbocycles. The maximum absolute atomic E-state index is 15.1.